The number of nitrogens with one attached hydrogen (secondary N) is 1. The Labute approximate surface area is 105 Å². The number of ether oxygens (including phenoxy) is 1. The van der Waals surface area contributed by atoms with Crippen molar-refractivity contribution in [3.05, 3.63) is 28.3 Å². The number of benzene rings is 1. The van der Waals surface area contributed by atoms with Gasteiger partial charge in [0.1, 0.15) is 5.69 Å². The van der Waals surface area contributed by atoms with Crippen LogP contribution < -0.4 is 15.8 Å². The van der Waals surface area contributed by atoms with E-state index in [0.717, 1.165) is 19.3 Å². The van der Waals surface area contributed by atoms with Gasteiger partial charge in [0.15, 0.2) is 5.75 Å². The van der Waals surface area contributed by atoms with Crippen molar-refractivity contribution in [2.24, 2.45) is 5.73 Å². The van der Waals surface area contributed by atoms with Crippen molar-refractivity contribution in [1.29, 1.82) is 0 Å². The van der Waals surface area contributed by atoms with Crippen molar-refractivity contribution in [3.63, 3.8) is 0 Å². The molecular weight excluding hydrogens is 234 g/mol. The van der Waals surface area contributed by atoms with Crippen LogP contribution in [0.4, 0.5) is 11.4 Å². The number of nitro groups is 1. The number of para-hydroxylation sites is 1. The molecule has 0 spiro atoms. The maximum atomic E-state index is 11.1. The first-order chi connectivity index (χ1) is 8.56. The lowest BCUT2D eigenvalue weighted by molar-refractivity contribution is -0.384. The van der Waals surface area contributed by atoms with Gasteiger partial charge in [0.25, 0.3) is 0 Å². The molecule has 3 N–H and O–H groups in total. The highest BCUT2D eigenvalue weighted by atomic mass is 16.6. The molecule has 1 aromatic carbocycles. The van der Waals surface area contributed by atoms with Crippen LogP contribution >= 0.6 is 0 Å². The quantitative estimate of drug-likeness (QED) is 0.616. The Kier molecular flexibility index (Phi) is 3.38. The maximum absolute atomic E-state index is 11.1. The van der Waals surface area contributed by atoms with Crippen LogP contribution in [0.3, 0.4) is 0 Å². The monoisotopic (exact) mass is 251 g/mol. The van der Waals surface area contributed by atoms with E-state index in [-0.39, 0.29) is 17.0 Å². The van der Waals surface area contributed by atoms with E-state index in [0.29, 0.717) is 12.2 Å². The normalized spacial score (nSPS) is 16.8. The highest BCUT2D eigenvalue weighted by Gasteiger charge is 2.33. The zero-order valence-electron chi connectivity index (χ0n) is 10.3. The lowest BCUT2D eigenvalue weighted by Gasteiger charge is -2.38. The molecule has 6 heteroatoms. The number of hydrogen-bond acceptors (Lipinski definition) is 5. The fourth-order valence-corrected chi connectivity index (χ4v) is 2.10. The predicted octanol–water partition coefficient (Wildman–Crippen LogP) is 1.90. The van der Waals surface area contributed by atoms with Gasteiger partial charge >= 0.3 is 5.69 Å². The first-order valence-corrected chi connectivity index (χ1v) is 5.90. The van der Waals surface area contributed by atoms with E-state index >= 15 is 0 Å². The molecule has 0 amide bonds. The fourth-order valence-electron chi connectivity index (χ4n) is 2.10. The molecule has 0 unspecified atom stereocenters. The third-order valence-corrected chi connectivity index (χ3v) is 3.38. The minimum absolute atomic E-state index is 0.0390. The number of anilines is 1. The van der Waals surface area contributed by atoms with Crippen molar-refractivity contribution in [3.8, 4) is 5.75 Å². The van der Waals surface area contributed by atoms with Crippen LogP contribution in [0.2, 0.25) is 0 Å². The van der Waals surface area contributed by atoms with Crippen LogP contribution in [-0.2, 0) is 0 Å². The molecule has 0 bridgehead atoms. The van der Waals surface area contributed by atoms with Crippen LogP contribution in [0.1, 0.15) is 19.3 Å². The molecule has 1 aliphatic rings. The van der Waals surface area contributed by atoms with Crippen molar-refractivity contribution < 1.29 is 9.66 Å². The van der Waals surface area contributed by atoms with Crippen molar-refractivity contribution in [1.82, 2.24) is 0 Å². The van der Waals surface area contributed by atoms with E-state index < -0.39 is 4.92 Å². The summed E-state index contributed by atoms with van der Waals surface area (Å²) >= 11 is 0. The van der Waals surface area contributed by atoms with Gasteiger partial charge < -0.3 is 15.8 Å². The smallest absolute Gasteiger partial charge is 0.333 e. The summed E-state index contributed by atoms with van der Waals surface area (Å²) in [6, 6.07) is 4.96. The van der Waals surface area contributed by atoms with E-state index in [2.05, 4.69) is 5.32 Å². The van der Waals surface area contributed by atoms with E-state index in [1.165, 1.54) is 7.11 Å². The van der Waals surface area contributed by atoms with Crippen molar-refractivity contribution >= 4 is 11.4 Å². The number of nitro benzene ring substituents is 1. The predicted molar refractivity (Wildman–Crippen MR) is 68.9 cm³/mol. The van der Waals surface area contributed by atoms with Gasteiger partial charge in [0.2, 0.25) is 0 Å². The topological polar surface area (TPSA) is 90.4 Å². The minimum atomic E-state index is -0.439. The van der Waals surface area contributed by atoms with Gasteiger partial charge in [-0.15, -0.1) is 0 Å². The average molecular weight is 251 g/mol. The largest absolute Gasteiger partial charge is 0.490 e. The molecule has 0 atom stereocenters. The second-order valence-electron chi connectivity index (χ2n) is 4.68. The van der Waals surface area contributed by atoms with Crippen molar-refractivity contribution in [2.75, 3.05) is 19.0 Å². The molecule has 0 saturated heterocycles. The standard InChI is InChI=1S/C12H17N3O3/c1-18-10-5-2-4-9(11(10)15(16)17)14-8-12(13)6-3-7-12/h2,4-5,14H,3,6-8,13H2,1H3. The highest BCUT2D eigenvalue weighted by molar-refractivity contribution is 5.68. The maximum Gasteiger partial charge on any atom is 0.333 e. The van der Waals surface area contributed by atoms with E-state index in [9.17, 15) is 10.1 Å². The number of nitrogens with zero attached hydrogens (tertiary/aromatic N) is 1. The lowest BCUT2D eigenvalue weighted by atomic mass is 9.78. The second-order valence-corrected chi connectivity index (χ2v) is 4.68. The van der Waals surface area contributed by atoms with Gasteiger partial charge in [-0.3, -0.25) is 10.1 Å². The van der Waals surface area contributed by atoms with Crippen LogP contribution in [0.15, 0.2) is 18.2 Å². The second kappa shape index (κ2) is 4.81. The van der Waals surface area contributed by atoms with Gasteiger partial charge in [-0.2, -0.15) is 0 Å². The number of methoxy groups -OCH3 is 1. The molecule has 1 saturated carbocycles. The van der Waals surface area contributed by atoms with E-state index in [4.69, 9.17) is 10.5 Å². The summed E-state index contributed by atoms with van der Waals surface area (Å²) in [5.74, 6) is 0.254. The average Bonchev–Trinajstić information content (AvgIpc) is 2.33. The van der Waals surface area contributed by atoms with Crippen LogP contribution in [-0.4, -0.2) is 24.1 Å². The van der Waals surface area contributed by atoms with Gasteiger partial charge in [-0.05, 0) is 31.4 Å². The Morgan fingerprint density at radius 1 is 1.56 bits per heavy atom. The molecule has 0 aromatic heterocycles. The zero-order valence-corrected chi connectivity index (χ0v) is 10.3. The molecule has 1 fully saturated rings. The van der Waals surface area contributed by atoms with Gasteiger partial charge in [0.05, 0.1) is 12.0 Å². The molecular formula is C12H17N3O3. The van der Waals surface area contributed by atoms with Crippen molar-refractivity contribution in [2.45, 2.75) is 24.8 Å². The van der Waals surface area contributed by atoms with Crippen LogP contribution in [0.5, 0.6) is 5.75 Å². The summed E-state index contributed by atoms with van der Waals surface area (Å²) in [6.45, 7) is 0.543. The Morgan fingerprint density at radius 3 is 2.78 bits per heavy atom. The van der Waals surface area contributed by atoms with E-state index in [1.807, 2.05) is 0 Å². The summed E-state index contributed by atoms with van der Waals surface area (Å²) in [7, 11) is 1.42. The molecule has 0 radical (unpaired) electrons. The fraction of sp³-hybridized carbons (Fsp3) is 0.500. The Hall–Kier alpha value is -1.82. The SMILES string of the molecule is COc1cccc(NCC2(N)CCC2)c1[N+](=O)[O-]. The Morgan fingerprint density at radius 2 is 2.28 bits per heavy atom. The van der Waals surface area contributed by atoms with Gasteiger partial charge in [-0.1, -0.05) is 6.07 Å². The Balaban J connectivity index is 2.18. The number of nitrogens with two attached hydrogens (primary N) is 1. The molecule has 18 heavy (non-hydrogen) atoms. The first kappa shape index (κ1) is 12.6. The molecule has 0 aliphatic heterocycles. The third-order valence-electron chi connectivity index (χ3n) is 3.38. The first-order valence-electron chi connectivity index (χ1n) is 5.90. The van der Waals surface area contributed by atoms with Crippen LogP contribution in [0.25, 0.3) is 0 Å². The summed E-state index contributed by atoms with van der Waals surface area (Å²) in [4.78, 5) is 10.6. The van der Waals surface area contributed by atoms with Crippen LogP contribution in [0, 0.1) is 10.1 Å². The molecule has 2 rings (SSSR count). The number of hydrogen-bond donors (Lipinski definition) is 2. The summed E-state index contributed by atoms with van der Waals surface area (Å²) < 4.78 is 5.01. The Bertz CT molecular complexity index is 458. The van der Waals surface area contributed by atoms with Gasteiger partial charge in [-0.25, -0.2) is 0 Å². The van der Waals surface area contributed by atoms with Gasteiger partial charge in [0, 0.05) is 12.1 Å². The molecule has 0 heterocycles. The minimum Gasteiger partial charge on any atom is -0.490 e. The summed E-state index contributed by atoms with van der Waals surface area (Å²) in [5.41, 5.74) is 6.27. The number of rotatable bonds is 5. The van der Waals surface area contributed by atoms with E-state index in [1.54, 1.807) is 18.2 Å². The lowest BCUT2D eigenvalue weighted by Crippen LogP contribution is -2.52. The summed E-state index contributed by atoms with van der Waals surface area (Å²) in [6.07, 6.45) is 3.04. The summed E-state index contributed by atoms with van der Waals surface area (Å²) in [5, 5.41) is 14.1. The third kappa shape index (κ3) is 2.38. The molecule has 98 valence electrons. The molecule has 1 aromatic rings. The molecule has 1 aliphatic carbocycles. The molecule has 6 nitrogen and oxygen atoms in total. The zero-order chi connectivity index (χ0) is 13.2. The highest BCUT2D eigenvalue weighted by Crippen LogP contribution is 2.36.